The first-order chi connectivity index (χ1) is 13.8. The Kier molecular flexibility index (Phi) is 6.47. The van der Waals surface area contributed by atoms with Crippen LogP contribution in [0.1, 0.15) is 18.9 Å². The van der Waals surface area contributed by atoms with Gasteiger partial charge in [0, 0.05) is 0 Å². The molecule has 4 amide bonds. The van der Waals surface area contributed by atoms with Gasteiger partial charge in [-0.05, 0) is 42.3 Å². The minimum Gasteiger partial charge on any atom is -0.490 e. The van der Waals surface area contributed by atoms with Crippen molar-refractivity contribution < 1.29 is 19.1 Å². The number of nitrogens with one attached hydrogen (secondary N) is 1. The van der Waals surface area contributed by atoms with Crippen molar-refractivity contribution >= 4 is 64.4 Å². The van der Waals surface area contributed by atoms with E-state index >= 15 is 0 Å². The number of benzene rings is 2. The Labute approximate surface area is 182 Å². The number of hydrogen-bond acceptors (Lipinski definition) is 4. The van der Waals surface area contributed by atoms with Crippen molar-refractivity contribution in [3.8, 4) is 5.75 Å². The molecule has 2 aromatic rings. The first kappa shape index (κ1) is 21.2. The number of amides is 4. The SMILES string of the molecule is CCCOc1c(Cl)cc(/C=C2\C(=O)NC(=O)N(c3ccccc3Cl)C2=O)cc1Cl. The van der Waals surface area contributed by atoms with Gasteiger partial charge < -0.3 is 4.74 Å². The first-order valence-corrected chi connectivity index (χ1v) is 9.74. The van der Waals surface area contributed by atoms with E-state index in [1.54, 1.807) is 12.1 Å². The highest BCUT2D eigenvalue weighted by atomic mass is 35.5. The van der Waals surface area contributed by atoms with E-state index in [9.17, 15) is 14.4 Å². The average Bonchev–Trinajstić information content (AvgIpc) is 2.66. The van der Waals surface area contributed by atoms with Crippen LogP contribution in [0.15, 0.2) is 42.0 Å². The summed E-state index contributed by atoms with van der Waals surface area (Å²) in [5, 5.41) is 2.80. The molecule has 2 aromatic carbocycles. The molecule has 0 unspecified atom stereocenters. The third-order valence-electron chi connectivity index (χ3n) is 3.98. The standard InChI is InChI=1S/C20H15Cl3N2O4/c1-2-7-29-17-14(22)9-11(10-15(17)23)8-12-18(26)24-20(28)25(19(12)27)16-6-4-3-5-13(16)21/h3-6,8-10H,2,7H2,1H3,(H,24,26,28)/b12-8+. The van der Waals surface area contributed by atoms with Gasteiger partial charge in [0.15, 0.2) is 5.75 Å². The second-order valence-corrected chi connectivity index (χ2v) is 7.29. The number of imide groups is 2. The molecule has 1 aliphatic rings. The van der Waals surface area contributed by atoms with Crippen LogP contribution in [0.25, 0.3) is 6.08 Å². The zero-order valence-corrected chi connectivity index (χ0v) is 17.4. The number of urea groups is 1. The summed E-state index contributed by atoms with van der Waals surface area (Å²) >= 11 is 18.6. The lowest BCUT2D eigenvalue weighted by molar-refractivity contribution is -0.122. The lowest BCUT2D eigenvalue weighted by Gasteiger charge is -2.27. The number of anilines is 1. The molecule has 0 bridgehead atoms. The molecule has 0 spiro atoms. The number of para-hydroxylation sites is 1. The van der Waals surface area contributed by atoms with E-state index in [0.29, 0.717) is 17.9 Å². The third kappa shape index (κ3) is 4.40. The molecule has 150 valence electrons. The Morgan fingerprint density at radius 2 is 1.69 bits per heavy atom. The van der Waals surface area contributed by atoms with Gasteiger partial charge in [-0.2, -0.15) is 0 Å². The topological polar surface area (TPSA) is 75.7 Å². The minimum atomic E-state index is -0.885. The molecule has 0 aliphatic carbocycles. The molecule has 0 saturated carbocycles. The summed E-state index contributed by atoms with van der Waals surface area (Å²) < 4.78 is 5.51. The van der Waals surface area contributed by atoms with E-state index in [1.165, 1.54) is 30.3 Å². The number of nitrogens with zero attached hydrogens (tertiary/aromatic N) is 1. The van der Waals surface area contributed by atoms with E-state index in [4.69, 9.17) is 39.5 Å². The highest BCUT2D eigenvalue weighted by Crippen LogP contribution is 2.35. The van der Waals surface area contributed by atoms with Crippen molar-refractivity contribution in [3.05, 3.63) is 62.6 Å². The maximum Gasteiger partial charge on any atom is 0.335 e. The van der Waals surface area contributed by atoms with Gasteiger partial charge in [-0.25, -0.2) is 9.69 Å². The van der Waals surface area contributed by atoms with Crippen LogP contribution in [0.3, 0.4) is 0 Å². The lowest BCUT2D eigenvalue weighted by atomic mass is 10.1. The zero-order valence-electron chi connectivity index (χ0n) is 15.2. The van der Waals surface area contributed by atoms with E-state index in [2.05, 4.69) is 5.32 Å². The summed E-state index contributed by atoms with van der Waals surface area (Å²) in [6.07, 6.45) is 2.08. The van der Waals surface area contributed by atoms with Crippen molar-refractivity contribution in [2.24, 2.45) is 0 Å². The highest BCUT2D eigenvalue weighted by molar-refractivity contribution is 6.42. The average molecular weight is 454 g/mol. The molecule has 1 N–H and O–H groups in total. The lowest BCUT2D eigenvalue weighted by Crippen LogP contribution is -2.54. The predicted molar refractivity (Wildman–Crippen MR) is 113 cm³/mol. The number of ether oxygens (including phenoxy) is 1. The van der Waals surface area contributed by atoms with E-state index in [1.807, 2.05) is 6.92 Å². The quantitative estimate of drug-likeness (QED) is 0.505. The van der Waals surface area contributed by atoms with Crippen LogP contribution >= 0.6 is 34.8 Å². The molecule has 6 nitrogen and oxygen atoms in total. The fraction of sp³-hybridized carbons (Fsp3) is 0.150. The van der Waals surface area contributed by atoms with Gasteiger partial charge in [-0.15, -0.1) is 0 Å². The largest absolute Gasteiger partial charge is 0.490 e. The van der Waals surface area contributed by atoms with Crippen LogP contribution in [0.4, 0.5) is 10.5 Å². The molecular weight excluding hydrogens is 439 g/mol. The molecule has 29 heavy (non-hydrogen) atoms. The molecule has 3 rings (SSSR count). The fourth-order valence-corrected chi connectivity index (χ4v) is 3.51. The number of halogens is 3. The van der Waals surface area contributed by atoms with Crippen LogP contribution in [-0.2, 0) is 9.59 Å². The predicted octanol–water partition coefficient (Wildman–Crippen LogP) is 5.10. The zero-order chi connectivity index (χ0) is 21.1. The number of carbonyl (C=O) groups excluding carboxylic acids is 3. The van der Waals surface area contributed by atoms with E-state index in [-0.39, 0.29) is 26.3 Å². The van der Waals surface area contributed by atoms with Crippen LogP contribution < -0.4 is 15.0 Å². The minimum absolute atomic E-state index is 0.162. The monoisotopic (exact) mass is 452 g/mol. The second kappa shape index (κ2) is 8.86. The van der Waals surface area contributed by atoms with Gasteiger partial charge in [0.05, 0.1) is 27.4 Å². The van der Waals surface area contributed by atoms with Gasteiger partial charge >= 0.3 is 6.03 Å². The maximum absolute atomic E-state index is 12.9. The molecule has 1 saturated heterocycles. The van der Waals surface area contributed by atoms with Crippen LogP contribution in [0, 0.1) is 0 Å². The Morgan fingerprint density at radius 3 is 2.31 bits per heavy atom. The van der Waals surface area contributed by atoms with Gasteiger partial charge in [-0.1, -0.05) is 53.9 Å². The molecule has 0 radical (unpaired) electrons. The smallest absolute Gasteiger partial charge is 0.335 e. The van der Waals surface area contributed by atoms with Crippen LogP contribution in [0.2, 0.25) is 15.1 Å². The van der Waals surface area contributed by atoms with E-state index in [0.717, 1.165) is 11.3 Å². The summed E-state index contributed by atoms with van der Waals surface area (Å²) in [5.41, 5.74) is 0.295. The van der Waals surface area contributed by atoms with Gasteiger partial charge in [0.25, 0.3) is 11.8 Å². The number of barbiturate groups is 1. The summed E-state index contributed by atoms with van der Waals surface area (Å²) in [6.45, 7) is 2.38. The summed E-state index contributed by atoms with van der Waals surface area (Å²) in [6, 6.07) is 8.46. The van der Waals surface area contributed by atoms with E-state index < -0.39 is 17.8 Å². The van der Waals surface area contributed by atoms with Crippen molar-refractivity contribution in [1.82, 2.24) is 5.32 Å². The fourth-order valence-electron chi connectivity index (χ4n) is 2.68. The molecule has 1 aliphatic heterocycles. The van der Waals surface area contributed by atoms with Crippen molar-refractivity contribution in [2.45, 2.75) is 13.3 Å². The van der Waals surface area contributed by atoms with Gasteiger partial charge in [-0.3, -0.25) is 14.9 Å². The number of rotatable bonds is 5. The first-order valence-electron chi connectivity index (χ1n) is 8.61. The van der Waals surface area contributed by atoms with Gasteiger partial charge in [0.2, 0.25) is 0 Å². The molecule has 1 heterocycles. The molecular formula is C20H15Cl3N2O4. The normalized spacial score (nSPS) is 15.7. The number of carbonyl (C=O) groups is 3. The Balaban J connectivity index is 2.00. The van der Waals surface area contributed by atoms with Crippen molar-refractivity contribution in [3.63, 3.8) is 0 Å². The molecule has 1 fully saturated rings. The van der Waals surface area contributed by atoms with Gasteiger partial charge in [0.1, 0.15) is 5.57 Å². The number of hydrogen-bond donors (Lipinski definition) is 1. The highest BCUT2D eigenvalue weighted by Gasteiger charge is 2.37. The van der Waals surface area contributed by atoms with Crippen molar-refractivity contribution in [1.29, 1.82) is 0 Å². The Hall–Kier alpha value is -2.54. The third-order valence-corrected chi connectivity index (χ3v) is 4.86. The van der Waals surface area contributed by atoms with Crippen molar-refractivity contribution in [2.75, 3.05) is 11.5 Å². The van der Waals surface area contributed by atoms with Crippen LogP contribution in [0.5, 0.6) is 5.75 Å². The summed E-state index contributed by atoms with van der Waals surface area (Å²) in [5.74, 6) is -1.32. The Bertz CT molecular complexity index is 1010. The molecule has 0 aromatic heterocycles. The maximum atomic E-state index is 12.9. The summed E-state index contributed by atoms with van der Waals surface area (Å²) in [7, 11) is 0. The molecule has 9 heteroatoms. The van der Waals surface area contributed by atoms with Crippen LogP contribution in [-0.4, -0.2) is 24.5 Å². The molecule has 0 atom stereocenters. The second-order valence-electron chi connectivity index (χ2n) is 6.07. The Morgan fingerprint density at radius 1 is 1.03 bits per heavy atom. The summed E-state index contributed by atoms with van der Waals surface area (Å²) in [4.78, 5) is 38.2.